The van der Waals surface area contributed by atoms with Crippen molar-refractivity contribution in [3.63, 3.8) is 0 Å². The minimum Gasteiger partial charge on any atom is -0.423 e. The molecule has 118 valence electrons. The quantitative estimate of drug-likeness (QED) is 0.836. The first kappa shape index (κ1) is 15.5. The van der Waals surface area contributed by atoms with Gasteiger partial charge in [-0.15, -0.1) is 10.2 Å². The zero-order chi connectivity index (χ0) is 16.4. The van der Waals surface area contributed by atoms with E-state index in [1.54, 1.807) is 17.9 Å². The van der Waals surface area contributed by atoms with Crippen molar-refractivity contribution in [3.05, 3.63) is 46.1 Å². The number of aryl methyl sites for hydroxylation is 1. The molecule has 2 heterocycles. The summed E-state index contributed by atoms with van der Waals surface area (Å²) in [5, 5.41) is 16.9. The summed E-state index contributed by atoms with van der Waals surface area (Å²) < 4.78 is 10.9. The average Bonchev–Trinajstić information content (AvgIpc) is 3.00. The Bertz CT molecular complexity index is 783. The van der Waals surface area contributed by atoms with Crippen LogP contribution >= 0.6 is 11.6 Å². The largest absolute Gasteiger partial charge is 0.423 e. The van der Waals surface area contributed by atoms with Crippen LogP contribution in [0.4, 0.5) is 0 Å². The van der Waals surface area contributed by atoms with Gasteiger partial charge in [0.25, 0.3) is 5.91 Å². The molecule has 1 aliphatic heterocycles. The first-order chi connectivity index (χ1) is 11.1. The Kier molecular flexibility index (Phi) is 4.28. The number of ether oxygens (including phenoxy) is 1. The minimum absolute atomic E-state index is 0.222. The monoisotopic (exact) mass is 332 g/mol. The van der Waals surface area contributed by atoms with Crippen LogP contribution in [0.2, 0.25) is 5.02 Å². The molecule has 1 aromatic carbocycles. The van der Waals surface area contributed by atoms with E-state index in [1.807, 2.05) is 6.07 Å². The van der Waals surface area contributed by atoms with Gasteiger partial charge >= 0.3 is 0 Å². The van der Waals surface area contributed by atoms with Gasteiger partial charge in [-0.25, -0.2) is 0 Å². The zero-order valence-corrected chi connectivity index (χ0v) is 13.1. The molecule has 7 nitrogen and oxygen atoms in total. The second kappa shape index (κ2) is 6.36. The molecule has 0 unspecified atom stereocenters. The summed E-state index contributed by atoms with van der Waals surface area (Å²) in [6, 6.07) is 6.14. The van der Waals surface area contributed by atoms with E-state index in [1.165, 1.54) is 12.1 Å². The van der Waals surface area contributed by atoms with Gasteiger partial charge in [0.2, 0.25) is 11.8 Å². The van der Waals surface area contributed by atoms with Crippen molar-refractivity contribution < 1.29 is 13.9 Å². The fourth-order valence-corrected chi connectivity index (χ4v) is 2.63. The van der Waals surface area contributed by atoms with Crippen molar-refractivity contribution in [2.45, 2.75) is 13.0 Å². The van der Waals surface area contributed by atoms with Gasteiger partial charge in [0.1, 0.15) is 12.1 Å². The fraction of sp³-hybridized carbons (Fsp3) is 0.333. The Morgan fingerprint density at radius 3 is 2.96 bits per heavy atom. The predicted molar refractivity (Wildman–Crippen MR) is 79.8 cm³/mol. The van der Waals surface area contributed by atoms with Crippen LogP contribution in [0.5, 0.6) is 0 Å². The first-order valence-electron chi connectivity index (χ1n) is 6.98. The van der Waals surface area contributed by atoms with Gasteiger partial charge in [-0.05, 0) is 18.2 Å². The lowest BCUT2D eigenvalue weighted by atomic mass is 10.1. The molecule has 1 aliphatic rings. The molecule has 23 heavy (non-hydrogen) atoms. The van der Waals surface area contributed by atoms with Crippen molar-refractivity contribution in [2.24, 2.45) is 0 Å². The molecular formula is C15H13ClN4O3. The molecule has 1 atom stereocenters. The summed E-state index contributed by atoms with van der Waals surface area (Å²) in [6.45, 7) is 2.81. The number of hydrogen-bond donors (Lipinski definition) is 0. The van der Waals surface area contributed by atoms with E-state index in [0.717, 1.165) is 0 Å². The maximum atomic E-state index is 12.8. The van der Waals surface area contributed by atoms with Crippen molar-refractivity contribution >= 4 is 17.5 Å². The van der Waals surface area contributed by atoms with Crippen LogP contribution in [0.15, 0.2) is 22.6 Å². The Labute approximate surface area is 137 Å². The molecule has 0 radical (unpaired) electrons. The van der Waals surface area contributed by atoms with Gasteiger partial charge in [-0.2, -0.15) is 5.26 Å². The number of carbonyl (C=O) groups excluding carboxylic acids is 1. The number of aromatic nitrogens is 2. The summed E-state index contributed by atoms with van der Waals surface area (Å²) in [4.78, 5) is 14.4. The Morgan fingerprint density at radius 2 is 2.30 bits per heavy atom. The average molecular weight is 333 g/mol. The van der Waals surface area contributed by atoms with E-state index < -0.39 is 6.04 Å². The molecule has 8 heteroatoms. The standard InChI is InChI=1S/C15H13ClN4O3/c1-9-18-19-14(23-9)13-8-22-5-4-20(13)15(21)10-2-3-11(7-17)12(16)6-10/h2-3,6,13H,4-5,8H2,1H3/t13-/m1/s1. The molecule has 2 aromatic rings. The maximum absolute atomic E-state index is 12.8. The van der Waals surface area contributed by atoms with Crippen LogP contribution in [-0.4, -0.2) is 40.8 Å². The van der Waals surface area contributed by atoms with E-state index in [4.69, 9.17) is 26.0 Å². The minimum atomic E-state index is -0.438. The molecular weight excluding hydrogens is 320 g/mol. The summed E-state index contributed by atoms with van der Waals surface area (Å²) in [5.41, 5.74) is 0.728. The fourth-order valence-electron chi connectivity index (χ4n) is 2.40. The van der Waals surface area contributed by atoms with E-state index >= 15 is 0 Å². The van der Waals surface area contributed by atoms with Gasteiger partial charge in [0, 0.05) is 19.0 Å². The van der Waals surface area contributed by atoms with E-state index in [2.05, 4.69) is 10.2 Å². The number of hydrogen-bond acceptors (Lipinski definition) is 6. The van der Waals surface area contributed by atoms with Crippen LogP contribution in [0.25, 0.3) is 0 Å². The van der Waals surface area contributed by atoms with Crippen LogP contribution in [0.3, 0.4) is 0 Å². The highest BCUT2D eigenvalue weighted by Crippen LogP contribution is 2.26. The molecule has 0 N–H and O–H groups in total. The molecule has 1 amide bonds. The molecule has 0 spiro atoms. The molecule has 1 fully saturated rings. The third kappa shape index (κ3) is 3.04. The summed E-state index contributed by atoms with van der Waals surface area (Å²) >= 11 is 6.01. The SMILES string of the molecule is Cc1nnc([C@H]2COCCN2C(=O)c2ccc(C#N)c(Cl)c2)o1. The highest BCUT2D eigenvalue weighted by atomic mass is 35.5. The normalized spacial score (nSPS) is 17.8. The van der Waals surface area contributed by atoms with Gasteiger partial charge in [-0.1, -0.05) is 11.6 Å². The Hall–Kier alpha value is -2.43. The third-order valence-electron chi connectivity index (χ3n) is 3.55. The number of halogens is 1. The predicted octanol–water partition coefficient (Wildman–Crippen LogP) is 2.12. The highest BCUT2D eigenvalue weighted by molar-refractivity contribution is 6.32. The van der Waals surface area contributed by atoms with Gasteiger partial charge < -0.3 is 14.1 Å². The highest BCUT2D eigenvalue weighted by Gasteiger charge is 2.33. The van der Waals surface area contributed by atoms with Gasteiger partial charge in [0.05, 0.1) is 23.8 Å². The topological polar surface area (TPSA) is 92.3 Å². The molecule has 1 aromatic heterocycles. The summed E-state index contributed by atoms with van der Waals surface area (Å²) in [7, 11) is 0. The number of amides is 1. The molecule has 0 saturated carbocycles. The van der Waals surface area contributed by atoms with Crippen LogP contribution < -0.4 is 0 Å². The van der Waals surface area contributed by atoms with Crippen LogP contribution in [0.1, 0.15) is 33.7 Å². The van der Waals surface area contributed by atoms with Gasteiger partial charge in [-0.3, -0.25) is 4.79 Å². The maximum Gasteiger partial charge on any atom is 0.254 e. The number of carbonyl (C=O) groups is 1. The van der Waals surface area contributed by atoms with Crippen molar-refractivity contribution in [3.8, 4) is 6.07 Å². The smallest absolute Gasteiger partial charge is 0.254 e. The van der Waals surface area contributed by atoms with Crippen molar-refractivity contribution in [2.75, 3.05) is 19.8 Å². The van der Waals surface area contributed by atoms with Crippen LogP contribution in [0, 0.1) is 18.3 Å². The Balaban J connectivity index is 1.90. The lowest BCUT2D eigenvalue weighted by Gasteiger charge is -2.33. The summed E-state index contributed by atoms with van der Waals surface area (Å²) in [5.74, 6) is 0.551. The number of benzene rings is 1. The number of rotatable bonds is 2. The van der Waals surface area contributed by atoms with Crippen molar-refractivity contribution in [1.82, 2.24) is 15.1 Å². The number of morpholine rings is 1. The van der Waals surface area contributed by atoms with Crippen molar-refractivity contribution in [1.29, 1.82) is 5.26 Å². The van der Waals surface area contributed by atoms with E-state index in [-0.39, 0.29) is 17.5 Å². The molecule has 3 rings (SSSR count). The third-order valence-corrected chi connectivity index (χ3v) is 3.87. The molecule has 0 aliphatic carbocycles. The lowest BCUT2D eigenvalue weighted by Crippen LogP contribution is -2.43. The van der Waals surface area contributed by atoms with E-state index in [9.17, 15) is 4.79 Å². The first-order valence-corrected chi connectivity index (χ1v) is 7.36. The second-order valence-electron chi connectivity index (χ2n) is 5.06. The number of nitriles is 1. The Morgan fingerprint density at radius 1 is 1.48 bits per heavy atom. The second-order valence-corrected chi connectivity index (χ2v) is 5.46. The van der Waals surface area contributed by atoms with Crippen LogP contribution in [-0.2, 0) is 4.74 Å². The van der Waals surface area contributed by atoms with E-state index in [0.29, 0.717) is 36.1 Å². The zero-order valence-electron chi connectivity index (χ0n) is 12.3. The number of nitrogens with zero attached hydrogens (tertiary/aromatic N) is 4. The van der Waals surface area contributed by atoms with Gasteiger partial charge in [0.15, 0.2) is 0 Å². The lowest BCUT2D eigenvalue weighted by molar-refractivity contribution is -0.0106. The molecule has 0 bridgehead atoms. The summed E-state index contributed by atoms with van der Waals surface area (Å²) in [6.07, 6.45) is 0. The molecule has 1 saturated heterocycles.